The summed E-state index contributed by atoms with van der Waals surface area (Å²) in [4.78, 5) is 33.8. The van der Waals surface area contributed by atoms with Crippen LogP contribution >= 0.6 is 0 Å². The average molecular weight is 377 g/mol. The lowest BCUT2D eigenvalue weighted by molar-refractivity contribution is -0.384. The largest absolute Gasteiger partial charge is 0.426 e. The molecule has 0 bridgehead atoms. The highest BCUT2D eigenvalue weighted by molar-refractivity contribution is 6.03. The van der Waals surface area contributed by atoms with Crippen molar-refractivity contribution in [1.29, 1.82) is 0 Å². The van der Waals surface area contributed by atoms with Crippen molar-refractivity contribution in [2.24, 2.45) is 5.10 Å². The molecule has 3 aromatic rings. The maximum absolute atomic E-state index is 12.2. The predicted molar refractivity (Wildman–Crippen MR) is 103 cm³/mol. The van der Waals surface area contributed by atoms with Crippen LogP contribution in [-0.4, -0.2) is 23.0 Å². The van der Waals surface area contributed by atoms with E-state index in [1.807, 2.05) is 30.3 Å². The third-order valence-electron chi connectivity index (χ3n) is 3.86. The van der Waals surface area contributed by atoms with E-state index in [1.54, 1.807) is 6.07 Å². The average Bonchev–Trinajstić information content (AvgIpc) is 2.69. The lowest BCUT2D eigenvalue weighted by atomic mass is 10.0. The molecule has 3 aromatic carbocycles. The zero-order valence-electron chi connectivity index (χ0n) is 14.8. The Morgan fingerprint density at radius 2 is 1.89 bits per heavy atom. The van der Waals surface area contributed by atoms with Gasteiger partial charge in [0.2, 0.25) is 0 Å². The van der Waals surface area contributed by atoms with Crippen molar-refractivity contribution >= 4 is 34.6 Å². The fraction of sp³-hybridized carbons (Fsp3) is 0.0500. The first-order valence-electron chi connectivity index (χ1n) is 8.24. The predicted octanol–water partition coefficient (Wildman–Crippen LogP) is 3.44. The van der Waals surface area contributed by atoms with Crippen molar-refractivity contribution in [3.8, 4) is 5.75 Å². The highest BCUT2D eigenvalue weighted by atomic mass is 16.6. The van der Waals surface area contributed by atoms with Crippen LogP contribution in [0, 0.1) is 10.1 Å². The van der Waals surface area contributed by atoms with Gasteiger partial charge in [-0.15, -0.1) is 0 Å². The topological polar surface area (TPSA) is 111 Å². The quantitative estimate of drug-likeness (QED) is 0.241. The number of ether oxygens (including phenoxy) is 1. The van der Waals surface area contributed by atoms with E-state index < -0.39 is 16.8 Å². The van der Waals surface area contributed by atoms with Gasteiger partial charge in [-0.05, 0) is 22.9 Å². The molecule has 0 heterocycles. The first-order valence-corrected chi connectivity index (χ1v) is 8.24. The number of nitrogens with one attached hydrogen (secondary N) is 1. The molecule has 0 unspecified atom stereocenters. The molecule has 28 heavy (non-hydrogen) atoms. The number of carbonyl (C=O) groups is 2. The van der Waals surface area contributed by atoms with Crippen LogP contribution in [0.15, 0.2) is 65.8 Å². The summed E-state index contributed by atoms with van der Waals surface area (Å²) >= 11 is 0. The van der Waals surface area contributed by atoms with E-state index in [1.165, 1.54) is 31.3 Å². The van der Waals surface area contributed by atoms with Crippen molar-refractivity contribution in [3.63, 3.8) is 0 Å². The van der Waals surface area contributed by atoms with Gasteiger partial charge in [-0.25, -0.2) is 5.43 Å². The van der Waals surface area contributed by atoms with Gasteiger partial charge in [0.05, 0.1) is 11.1 Å². The van der Waals surface area contributed by atoms with Gasteiger partial charge in [0.15, 0.2) is 0 Å². The van der Waals surface area contributed by atoms with Gasteiger partial charge in [0.25, 0.3) is 11.6 Å². The minimum atomic E-state index is -0.603. The SMILES string of the molecule is CC(=O)Oc1ccc2ccccc2c1/C=N\NC(=O)c1cccc([N+](=O)[O-])c1. The second kappa shape index (κ2) is 8.09. The molecule has 0 fully saturated rings. The molecule has 1 N–H and O–H groups in total. The van der Waals surface area contributed by atoms with Crippen LogP contribution in [0.25, 0.3) is 10.8 Å². The van der Waals surface area contributed by atoms with Gasteiger partial charge in [-0.3, -0.25) is 19.7 Å². The number of nitro groups is 1. The van der Waals surface area contributed by atoms with E-state index in [0.29, 0.717) is 11.3 Å². The number of fused-ring (bicyclic) bond motifs is 1. The molecule has 0 saturated carbocycles. The van der Waals surface area contributed by atoms with Crippen LogP contribution in [0.5, 0.6) is 5.75 Å². The molecular weight excluding hydrogens is 362 g/mol. The summed E-state index contributed by atoms with van der Waals surface area (Å²) < 4.78 is 5.22. The van der Waals surface area contributed by atoms with Crippen LogP contribution < -0.4 is 10.2 Å². The minimum absolute atomic E-state index is 0.101. The Bertz CT molecular complexity index is 1110. The third kappa shape index (κ3) is 4.18. The second-order valence-electron chi connectivity index (χ2n) is 5.80. The number of esters is 1. The molecule has 0 aliphatic carbocycles. The molecule has 0 aromatic heterocycles. The molecule has 8 nitrogen and oxygen atoms in total. The number of hydrogen-bond donors (Lipinski definition) is 1. The van der Waals surface area contributed by atoms with Gasteiger partial charge < -0.3 is 4.74 Å². The minimum Gasteiger partial charge on any atom is -0.426 e. The van der Waals surface area contributed by atoms with Gasteiger partial charge in [0.1, 0.15) is 5.75 Å². The number of nitrogens with zero attached hydrogens (tertiary/aromatic N) is 2. The summed E-state index contributed by atoms with van der Waals surface area (Å²) in [5, 5.41) is 16.4. The maximum Gasteiger partial charge on any atom is 0.308 e. The summed E-state index contributed by atoms with van der Waals surface area (Å²) in [6, 6.07) is 16.2. The highest BCUT2D eigenvalue weighted by Crippen LogP contribution is 2.26. The Hall–Kier alpha value is -4.07. The lowest BCUT2D eigenvalue weighted by Gasteiger charge is -2.09. The number of hydrazone groups is 1. The highest BCUT2D eigenvalue weighted by Gasteiger charge is 2.12. The monoisotopic (exact) mass is 377 g/mol. The molecule has 0 saturated heterocycles. The molecule has 1 amide bonds. The van der Waals surface area contributed by atoms with Crippen LogP contribution in [-0.2, 0) is 4.79 Å². The zero-order valence-corrected chi connectivity index (χ0v) is 14.8. The van der Waals surface area contributed by atoms with Gasteiger partial charge in [0, 0.05) is 30.2 Å². The van der Waals surface area contributed by atoms with E-state index in [4.69, 9.17) is 4.74 Å². The first kappa shape index (κ1) is 18.7. The Kier molecular flexibility index (Phi) is 5.40. The summed E-state index contributed by atoms with van der Waals surface area (Å²) in [7, 11) is 0. The van der Waals surface area contributed by atoms with Crippen LogP contribution in [0.3, 0.4) is 0 Å². The summed E-state index contributed by atoms with van der Waals surface area (Å²) in [5.41, 5.74) is 2.76. The van der Waals surface area contributed by atoms with Crippen LogP contribution in [0.1, 0.15) is 22.8 Å². The Balaban J connectivity index is 1.88. The fourth-order valence-electron chi connectivity index (χ4n) is 2.63. The van der Waals surface area contributed by atoms with E-state index in [0.717, 1.165) is 16.8 Å². The number of non-ortho nitro benzene ring substituents is 1. The Labute approximate surface area is 159 Å². The van der Waals surface area contributed by atoms with Crippen LogP contribution in [0.2, 0.25) is 0 Å². The summed E-state index contributed by atoms with van der Waals surface area (Å²) in [5.74, 6) is -0.778. The molecule has 0 aliphatic heterocycles. The van der Waals surface area contributed by atoms with Crippen LogP contribution in [0.4, 0.5) is 5.69 Å². The maximum atomic E-state index is 12.2. The molecule has 8 heteroatoms. The third-order valence-corrected chi connectivity index (χ3v) is 3.86. The molecule has 0 spiro atoms. The van der Waals surface area contributed by atoms with Crippen molar-refractivity contribution in [2.75, 3.05) is 0 Å². The van der Waals surface area contributed by atoms with Gasteiger partial charge in [-0.2, -0.15) is 5.10 Å². The number of benzene rings is 3. The smallest absolute Gasteiger partial charge is 0.308 e. The van der Waals surface area contributed by atoms with Gasteiger partial charge in [-0.1, -0.05) is 36.4 Å². The lowest BCUT2D eigenvalue weighted by Crippen LogP contribution is -2.17. The number of hydrogen-bond acceptors (Lipinski definition) is 6. The molecule has 0 aliphatic rings. The first-order chi connectivity index (χ1) is 13.5. The zero-order chi connectivity index (χ0) is 20.1. The van der Waals surface area contributed by atoms with Crippen molar-refractivity contribution < 1.29 is 19.2 Å². The normalized spacial score (nSPS) is 10.8. The molecule has 3 rings (SSSR count). The number of amides is 1. The van der Waals surface area contributed by atoms with E-state index in [2.05, 4.69) is 10.5 Å². The molecular formula is C20H15N3O5. The number of rotatable bonds is 5. The molecule has 0 radical (unpaired) electrons. The van der Waals surface area contributed by atoms with Gasteiger partial charge >= 0.3 is 5.97 Å². The number of carbonyl (C=O) groups excluding carboxylic acids is 2. The Morgan fingerprint density at radius 1 is 1.11 bits per heavy atom. The summed E-state index contributed by atoms with van der Waals surface area (Å²) in [6.45, 7) is 1.29. The summed E-state index contributed by atoms with van der Waals surface area (Å²) in [6.07, 6.45) is 1.37. The van der Waals surface area contributed by atoms with E-state index in [-0.39, 0.29) is 11.3 Å². The second-order valence-corrected chi connectivity index (χ2v) is 5.80. The molecule has 0 atom stereocenters. The van der Waals surface area contributed by atoms with Crippen molar-refractivity contribution in [2.45, 2.75) is 6.92 Å². The van der Waals surface area contributed by atoms with Crippen molar-refractivity contribution in [1.82, 2.24) is 5.43 Å². The standard InChI is InChI=1S/C20H15N3O5/c1-13(24)28-19-10-9-14-5-2-3-8-17(14)18(19)12-21-22-20(25)15-6-4-7-16(11-15)23(26)27/h2-12H,1H3,(H,22,25)/b21-12-. The molecule has 140 valence electrons. The Morgan fingerprint density at radius 3 is 2.64 bits per heavy atom. The van der Waals surface area contributed by atoms with Crippen molar-refractivity contribution in [3.05, 3.63) is 81.9 Å². The number of nitro benzene ring substituents is 1. The van der Waals surface area contributed by atoms with E-state index >= 15 is 0 Å². The fourth-order valence-corrected chi connectivity index (χ4v) is 2.63. The van der Waals surface area contributed by atoms with E-state index in [9.17, 15) is 19.7 Å².